The molecule has 0 radical (unpaired) electrons. The maximum atomic E-state index is 12.1. The van der Waals surface area contributed by atoms with Gasteiger partial charge in [0.1, 0.15) is 5.60 Å². The second-order valence-corrected chi connectivity index (χ2v) is 6.33. The van der Waals surface area contributed by atoms with Crippen molar-refractivity contribution in [2.45, 2.75) is 63.6 Å². The first-order valence-electron chi connectivity index (χ1n) is 5.98. The lowest BCUT2D eigenvalue weighted by Gasteiger charge is -2.34. The minimum absolute atomic E-state index is 0.116. The topological polar surface area (TPSA) is 55.6 Å². The van der Waals surface area contributed by atoms with Crippen molar-refractivity contribution in [1.82, 2.24) is 4.90 Å². The fourth-order valence-electron chi connectivity index (χ4n) is 2.64. The van der Waals surface area contributed by atoms with Gasteiger partial charge in [0.25, 0.3) is 0 Å². The highest BCUT2D eigenvalue weighted by Crippen LogP contribution is 2.54. The molecule has 1 heterocycles. The Morgan fingerprint density at radius 1 is 1.31 bits per heavy atom. The van der Waals surface area contributed by atoms with Crippen LogP contribution in [-0.4, -0.2) is 34.2 Å². The molecule has 0 aromatic heterocycles. The van der Waals surface area contributed by atoms with Crippen LogP contribution in [0.3, 0.4) is 0 Å². The Bertz CT molecular complexity index is 313. The lowest BCUT2D eigenvalue weighted by atomic mass is 9.92. The van der Waals surface area contributed by atoms with Crippen molar-refractivity contribution < 1.29 is 9.53 Å². The highest BCUT2D eigenvalue weighted by Gasteiger charge is 2.64. The van der Waals surface area contributed by atoms with Crippen molar-refractivity contribution in [3.63, 3.8) is 0 Å². The number of carbonyl (C=O) groups is 1. The van der Waals surface area contributed by atoms with E-state index in [2.05, 4.69) is 0 Å². The maximum absolute atomic E-state index is 12.1. The highest BCUT2D eigenvalue weighted by atomic mass is 16.6. The molecule has 1 atom stereocenters. The van der Waals surface area contributed by atoms with Crippen LogP contribution in [0, 0.1) is 0 Å². The summed E-state index contributed by atoms with van der Waals surface area (Å²) in [5.74, 6) is 0. The first-order chi connectivity index (χ1) is 7.18. The van der Waals surface area contributed by atoms with Gasteiger partial charge in [-0.2, -0.15) is 0 Å². The van der Waals surface area contributed by atoms with Crippen LogP contribution >= 0.6 is 0 Å². The van der Waals surface area contributed by atoms with Gasteiger partial charge in [0, 0.05) is 12.1 Å². The maximum Gasteiger partial charge on any atom is 0.410 e. The van der Waals surface area contributed by atoms with Gasteiger partial charge in [-0.3, -0.25) is 0 Å². The molecule has 1 spiro atoms. The summed E-state index contributed by atoms with van der Waals surface area (Å²) in [5.41, 5.74) is 5.47. The Balaban J connectivity index is 2.10. The fourth-order valence-corrected chi connectivity index (χ4v) is 2.64. The van der Waals surface area contributed by atoms with Crippen molar-refractivity contribution in [3.8, 4) is 0 Å². The molecule has 2 N–H and O–H groups in total. The first kappa shape index (κ1) is 11.7. The SMILES string of the molecule is CC(C)(C)OC(=O)N1CCC(C)(N)C12CC2. The largest absolute Gasteiger partial charge is 0.444 e. The third kappa shape index (κ3) is 1.69. The number of amides is 1. The summed E-state index contributed by atoms with van der Waals surface area (Å²) in [4.78, 5) is 13.9. The van der Waals surface area contributed by atoms with Gasteiger partial charge in [-0.1, -0.05) is 0 Å². The van der Waals surface area contributed by atoms with E-state index in [4.69, 9.17) is 10.5 Å². The van der Waals surface area contributed by atoms with E-state index in [1.807, 2.05) is 32.6 Å². The molecule has 92 valence electrons. The van der Waals surface area contributed by atoms with Crippen molar-refractivity contribution in [1.29, 1.82) is 0 Å². The number of likely N-dealkylation sites (tertiary alicyclic amines) is 1. The Labute approximate surface area is 97.1 Å². The third-order valence-corrected chi connectivity index (χ3v) is 3.77. The minimum atomic E-state index is -0.430. The van der Waals surface area contributed by atoms with E-state index in [1.54, 1.807) is 0 Å². The van der Waals surface area contributed by atoms with Crippen LogP contribution < -0.4 is 5.73 Å². The Morgan fingerprint density at radius 3 is 2.31 bits per heavy atom. The number of nitrogens with two attached hydrogens (primary N) is 1. The van der Waals surface area contributed by atoms with Crippen molar-refractivity contribution in [3.05, 3.63) is 0 Å². The van der Waals surface area contributed by atoms with Crippen molar-refractivity contribution in [2.75, 3.05) is 6.54 Å². The number of hydrogen-bond acceptors (Lipinski definition) is 3. The molecule has 1 aliphatic heterocycles. The zero-order chi connectivity index (χ0) is 12.2. The number of rotatable bonds is 0. The lowest BCUT2D eigenvalue weighted by Crippen LogP contribution is -2.53. The molecule has 0 bridgehead atoms. The standard InChI is InChI=1S/C12H22N2O2/c1-10(2,3)16-9(15)14-8-7-11(4,13)12(14)5-6-12/h5-8,13H2,1-4H3. The number of hydrogen-bond donors (Lipinski definition) is 1. The summed E-state index contributed by atoms with van der Waals surface area (Å²) in [6, 6.07) is 0. The number of ether oxygens (including phenoxy) is 1. The molecule has 2 fully saturated rings. The molecule has 1 amide bonds. The average Bonchev–Trinajstić information content (AvgIpc) is 2.76. The molecule has 2 rings (SSSR count). The lowest BCUT2D eigenvalue weighted by molar-refractivity contribution is 0.0172. The molecule has 4 heteroatoms. The van der Waals surface area contributed by atoms with E-state index in [9.17, 15) is 4.79 Å². The van der Waals surface area contributed by atoms with Gasteiger partial charge in [0.05, 0.1) is 5.54 Å². The molecule has 1 saturated heterocycles. The zero-order valence-corrected chi connectivity index (χ0v) is 10.7. The van der Waals surface area contributed by atoms with Gasteiger partial charge in [-0.05, 0) is 47.0 Å². The van der Waals surface area contributed by atoms with Gasteiger partial charge in [-0.25, -0.2) is 4.79 Å². The molecule has 0 aromatic carbocycles. The van der Waals surface area contributed by atoms with Crippen LogP contribution in [0.2, 0.25) is 0 Å². The fraction of sp³-hybridized carbons (Fsp3) is 0.917. The summed E-state index contributed by atoms with van der Waals surface area (Å²) in [6.45, 7) is 8.44. The molecular weight excluding hydrogens is 204 g/mol. The van der Waals surface area contributed by atoms with Crippen LogP contribution in [0.4, 0.5) is 4.79 Å². The van der Waals surface area contributed by atoms with E-state index in [0.717, 1.165) is 25.8 Å². The van der Waals surface area contributed by atoms with Crippen LogP contribution in [0.1, 0.15) is 47.0 Å². The molecular formula is C12H22N2O2. The van der Waals surface area contributed by atoms with E-state index in [1.165, 1.54) is 0 Å². The average molecular weight is 226 g/mol. The summed E-state index contributed by atoms with van der Waals surface area (Å²) in [5, 5.41) is 0. The second-order valence-electron chi connectivity index (χ2n) is 6.33. The van der Waals surface area contributed by atoms with E-state index in [0.29, 0.717) is 0 Å². The summed E-state index contributed by atoms with van der Waals surface area (Å²) >= 11 is 0. The molecule has 16 heavy (non-hydrogen) atoms. The summed E-state index contributed by atoms with van der Waals surface area (Å²) in [6.07, 6.45) is 2.68. The molecule has 2 aliphatic rings. The Kier molecular flexibility index (Phi) is 2.29. The number of carbonyl (C=O) groups excluding carboxylic acids is 1. The predicted octanol–water partition coefficient (Wildman–Crippen LogP) is 1.88. The predicted molar refractivity (Wildman–Crippen MR) is 62.1 cm³/mol. The van der Waals surface area contributed by atoms with E-state index >= 15 is 0 Å². The van der Waals surface area contributed by atoms with E-state index < -0.39 is 5.60 Å². The third-order valence-electron chi connectivity index (χ3n) is 3.77. The van der Waals surface area contributed by atoms with Gasteiger partial charge in [0.2, 0.25) is 0 Å². The Morgan fingerprint density at radius 2 is 1.88 bits per heavy atom. The van der Waals surface area contributed by atoms with E-state index in [-0.39, 0.29) is 17.2 Å². The molecule has 4 nitrogen and oxygen atoms in total. The molecule has 1 saturated carbocycles. The van der Waals surface area contributed by atoms with Crippen LogP contribution in [-0.2, 0) is 4.74 Å². The van der Waals surface area contributed by atoms with Gasteiger partial charge < -0.3 is 15.4 Å². The normalized spacial score (nSPS) is 31.9. The first-order valence-corrected chi connectivity index (χ1v) is 5.98. The summed E-state index contributed by atoms with van der Waals surface area (Å²) < 4.78 is 5.42. The summed E-state index contributed by atoms with van der Waals surface area (Å²) in [7, 11) is 0. The zero-order valence-electron chi connectivity index (χ0n) is 10.7. The monoisotopic (exact) mass is 226 g/mol. The van der Waals surface area contributed by atoms with Gasteiger partial charge in [0.15, 0.2) is 0 Å². The van der Waals surface area contributed by atoms with Gasteiger partial charge >= 0.3 is 6.09 Å². The molecule has 0 aromatic rings. The number of nitrogens with zero attached hydrogens (tertiary/aromatic N) is 1. The van der Waals surface area contributed by atoms with Gasteiger partial charge in [-0.15, -0.1) is 0 Å². The van der Waals surface area contributed by atoms with Crippen LogP contribution in [0.15, 0.2) is 0 Å². The minimum Gasteiger partial charge on any atom is -0.444 e. The smallest absolute Gasteiger partial charge is 0.410 e. The molecule has 1 aliphatic carbocycles. The second kappa shape index (κ2) is 3.13. The quantitative estimate of drug-likeness (QED) is 0.686. The van der Waals surface area contributed by atoms with Crippen LogP contribution in [0.25, 0.3) is 0 Å². The van der Waals surface area contributed by atoms with Crippen LogP contribution in [0.5, 0.6) is 0 Å². The molecule has 1 unspecified atom stereocenters. The van der Waals surface area contributed by atoms with Crippen molar-refractivity contribution >= 4 is 6.09 Å². The van der Waals surface area contributed by atoms with Crippen molar-refractivity contribution in [2.24, 2.45) is 5.73 Å². The highest BCUT2D eigenvalue weighted by molar-refractivity contribution is 5.71. The Hall–Kier alpha value is -0.770.